The van der Waals surface area contributed by atoms with Crippen molar-refractivity contribution in [2.24, 2.45) is 0 Å². The van der Waals surface area contributed by atoms with E-state index >= 15 is 0 Å². The smallest absolute Gasteiger partial charge is 0.305 e. The average Bonchev–Trinajstić information content (AvgIpc) is 2.57. The average molecular weight is 323 g/mol. The minimum absolute atomic E-state index is 0.0875. The second-order valence-corrected chi connectivity index (χ2v) is 6.25. The number of allylic oxidation sites excluding steroid dienone is 4. The summed E-state index contributed by atoms with van der Waals surface area (Å²) >= 11 is 0. The van der Waals surface area contributed by atoms with E-state index in [9.17, 15) is 4.79 Å². The number of carbonyl (C=O) groups excluding carboxylic acids is 1. The summed E-state index contributed by atoms with van der Waals surface area (Å²) in [6, 6.07) is 0. The highest BCUT2D eigenvalue weighted by Gasteiger charge is 1.97. The molecule has 0 fully saturated rings. The zero-order valence-corrected chi connectivity index (χ0v) is 15.5. The Labute approximate surface area is 144 Å². The van der Waals surface area contributed by atoms with Crippen molar-refractivity contribution in [1.29, 1.82) is 0 Å². The van der Waals surface area contributed by atoms with E-state index in [1.165, 1.54) is 71.3 Å². The van der Waals surface area contributed by atoms with E-state index in [2.05, 4.69) is 36.0 Å². The lowest BCUT2D eigenvalue weighted by Gasteiger charge is -1.98. The molecule has 0 saturated heterocycles. The molecule has 23 heavy (non-hydrogen) atoms. The third-order valence-corrected chi connectivity index (χ3v) is 4.03. The first kappa shape index (κ1) is 21.9. The van der Waals surface area contributed by atoms with Gasteiger partial charge < -0.3 is 4.74 Å². The van der Waals surface area contributed by atoms with Gasteiger partial charge in [0.1, 0.15) is 0 Å². The number of esters is 1. The van der Waals surface area contributed by atoms with Crippen molar-refractivity contribution in [2.45, 2.75) is 96.8 Å². The lowest BCUT2D eigenvalue weighted by molar-refractivity contribution is -0.140. The minimum Gasteiger partial charge on any atom is -0.469 e. The van der Waals surface area contributed by atoms with Crippen molar-refractivity contribution >= 4 is 5.97 Å². The van der Waals surface area contributed by atoms with Crippen LogP contribution in [0.4, 0.5) is 0 Å². The van der Waals surface area contributed by atoms with Gasteiger partial charge in [-0.2, -0.15) is 0 Å². The summed E-state index contributed by atoms with van der Waals surface area (Å²) in [5, 5.41) is 0. The molecule has 0 unspecified atom stereocenters. The Morgan fingerprint density at radius 1 is 0.696 bits per heavy atom. The van der Waals surface area contributed by atoms with Gasteiger partial charge in [0.2, 0.25) is 0 Å². The van der Waals surface area contributed by atoms with Gasteiger partial charge in [-0.25, -0.2) is 0 Å². The van der Waals surface area contributed by atoms with Crippen molar-refractivity contribution in [3.63, 3.8) is 0 Å². The Hall–Kier alpha value is -1.05. The largest absolute Gasteiger partial charge is 0.469 e. The predicted molar refractivity (Wildman–Crippen MR) is 101 cm³/mol. The first-order valence-corrected chi connectivity index (χ1v) is 9.68. The van der Waals surface area contributed by atoms with Crippen LogP contribution in [0.5, 0.6) is 0 Å². The number of methoxy groups -OCH3 is 1. The summed E-state index contributed by atoms with van der Waals surface area (Å²) in [4.78, 5) is 10.9. The van der Waals surface area contributed by atoms with Crippen LogP contribution in [-0.2, 0) is 9.53 Å². The third kappa shape index (κ3) is 18.9. The third-order valence-electron chi connectivity index (χ3n) is 4.03. The van der Waals surface area contributed by atoms with Gasteiger partial charge >= 0.3 is 5.97 Å². The minimum atomic E-state index is -0.0875. The van der Waals surface area contributed by atoms with Crippen LogP contribution < -0.4 is 0 Å². The molecule has 2 nitrogen and oxygen atoms in total. The highest BCUT2D eigenvalue weighted by molar-refractivity contribution is 5.68. The highest BCUT2D eigenvalue weighted by Crippen LogP contribution is 2.07. The number of ether oxygens (including phenoxy) is 1. The lowest BCUT2D eigenvalue weighted by Crippen LogP contribution is -1.98. The van der Waals surface area contributed by atoms with E-state index in [1.54, 1.807) is 0 Å². The lowest BCUT2D eigenvalue weighted by atomic mass is 10.1. The highest BCUT2D eigenvalue weighted by atomic mass is 16.5. The maximum absolute atomic E-state index is 10.9. The molecule has 0 heterocycles. The van der Waals surface area contributed by atoms with Crippen LogP contribution in [0, 0.1) is 0 Å². The van der Waals surface area contributed by atoms with Crippen molar-refractivity contribution in [1.82, 2.24) is 0 Å². The molecule has 2 heteroatoms. The van der Waals surface area contributed by atoms with E-state index in [1.807, 2.05) is 0 Å². The van der Waals surface area contributed by atoms with Gasteiger partial charge in [0.25, 0.3) is 0 Å². The van der Waals surface area contributed by atoms with E-state index < -0.39 is 0 Å². The molecular weight excluding hydrogens is 284 g/mol. The fourth-order valence-electron chi connectivity index (χ4n) is 2.50. The molecule has 0 aromatic carbocycles. The van der Waals surface area contributed by atoms with Gasteiger partial charge in [-0.15, -0.1) is 0 Å². The van der Waals surface area contributed by atoms with Crippen molar-refractivity contribution < 1.29 is 9.53 Å². The van der Waals surface area contributed by atoms with Gasteiger partial charge in [-0.1, -0.05) is 56.9 Å². The maximum Gasteiger partial charge on any atom is 0.305 e. The summed E-state index contributed by atoms with van der Waals surface area (Å²) in [7, 11) is 1.45. The summed E-state index contributed by atoms with van der Waals surface area (Å²) in [6.07, 6.45) is 26.0. The van der Waals surface area contributed by atoms with E-state index in [-0.39, 0.29) is 5.97 Å². The summed E-state index contributed by atoms with van der Waals surface area (Å²) in [5.41, 5.74) is 0. The van der Waals surface area contributed by atoms with Gasteiger partial charge in [0, 0.05) is 6.42 Å². The summed E-state index contributed by atoms with van der Waals surface area (Å²) < 4.78 is 4.62. The summed E-state index contributed by atoms with van der Waals surface area (Å²) in [6.45, 7) is 2.26. The first-order chi connectivity index (χ1) is 11.3. The Morgan fingerprint density at radius 2 is 1.13 bits per heavy atom. The number of rotatable bonds is 16. The van der Waals surface area contributed by atoms with E-state index in [0.717, 1.165) is 19.3 Å². The predicted octanol–water partition coefficient (Wildman–Crippen LogP) is 6.75. The van der Waals surface area contributed by atoms with Crippen LogP contribution in [0.15, 0.2) is 24.3 Å². The standard InChI is InChI=1S/C21H38O2/c1-3-4-5-6-7-8-9-10-11-12-13-14-15-16-17-18-19-20-21(22)23-2/h8-9,14-15H,3-7,10-13,16-20H2,1-2H3. The summed E-state index contributed by atoms with van der Waals surface area (Å²) in [5.74, 6) is -0.0875. The number of carbonyl (C=O) groups is 1. The molecule has 0 N–H and O–H groups in total. The molecule has 0 aliphatic rings. The molecule has 0 saturated carbocycles. The Kier molecular flexibility index (Phi) is 18.1. The van der Waals surface area contributed by atoms with Crippen molar-refractivity contribution in [3.05, 3.63) is 24.3 Å². The molecular formula is C21H38O2. The zero-order chi connectivity index (χ0) is 17.0. The molecule has 0 aromatic heterocycles. The van der Waals surface area contributed by atoms with Crippen molar-refractivity contribution in [3.8, 4) is 0 Å². The van der Waals surface area contributed by atoms with Gasteiger partial charge in [-0.05, 0) is 57.8 Å². The van der Waals surface area contributed by atoms with Crippen LogP contribution in [0.3, 0.4) is 0 Å². The molecule has 0 aromatic rings. The Bertz CT molecular complexity index is 305. The monoisotopic (exact) mass is 322 g/mol. The van der Waals surface area contributed by atoms with E-state index in [4.69, 9.17) is 0 Å². The Morgan fingerprint density at radius 3 is 1.57 bits per heavy atom. The van der Waals surface area contributed by atoms with Crippen LogP contribution in [-0.4, -0.2) is 13.1 Å². The molecule has 0 bridgehead atoms. The quantitative estimate of drug-likeness (QED) is 0.178. The number of hydrogen-bond acceptors (Lipinski definition) is 2. The topological polar surface area (TPSA) is 26.3 Å². The molecule has 0 rings (SSSR count). The molecule has 0 atom stereocenters. The molecule has 0 radical (unpaired) electrons. The molecule has 0 amide bonds. The fraction of sp³-hybridized carbons (Fsp3) is 0.762. The van der Waals surface area contributed by atoms with E-state index in [0.29, 0.717) is 6.42 Å². The molecule has 0 aliphatic heterocycles. The second kappa shape index (κ2) is 19.0. The molecule has 0 spiro atoms. The van der Waals surface area contributed by atoms with Gasteiger partial charge in [0.15, 0.2) is 0 Å². The van der Waals surface area contributed by atoms with Crippen LogP contribution in [0.1, 0.15) is 96.8 Å². The number of unbranched alkanes of at least 4 members (excludes halogenated alkanes) is 10. The zero-order valence-electron chi connectivity index (χ0n) is 15.5. The fourth-order valence-corrected chi connectivity index (χ4v) is 2.50. The second-order valence-electron chi connectivity index (χ2n) is 6.25. The van der Waals surface area contributed by atoms with Crippen LogP contribution >= 0.6 is 0 Å². The normalized spacial score (nSPS) is 11.6. The molecule has 0 aliphatic carbocycles. The van der Waals surface area contributed by atoms with Gasteiger partial charge in [0.05, 0.1) is 7.11 Å². The Balaban J connectivity index is 3.19. The van der Waals surface area contributed by atoms with Gasteiger partial charge in [-0.3, -0.25) is 4.79 Å². The van der Waals surface area contributed by atoms with Crippen molar-refractivity contribution in [2.75, 3.05) is 7.11 Å². The first-order valence-electron chi connectivity index (χ1n) is 9.68. The number of hydrogen-bond donors (Lipinski definition) is 0. The van der Waals surface area contributed by atoms with Crippen LogP contribution in [0.25, 0.3) is 0 Å². The maximum atomic E-state index is 10.9. The SMILES string of the molecule is CCCCCCC=CCCCCC=CCCCCCC(=O)OC. The van der Waals surface area contributed by atoms with Crippen LogP contribution in [0.2, 0.25) is 0 Å². The molecule has 134 valence electrons.